The number of hydrogen-bond acceptors (Lipinski definition) is 3. The summed E-state index contributed by atoms with van der Waals surface area (Å²) in [6.45, 7) is 4.93. The monoisotopic (exact) mass is 310 g/mol. The average Bonchev–Trinajstić information content (AvgIpc) is 2.47. The van der Waals surface area contributed by atoms with E-state index in [-0.39, 0.29) is 10.8 Å². The fourth-order valence-corrected chi connectivity index (χ4v) is 3.65. The van der Waals surface area contributed by atoms with E-state index in [0.29, 0.717) is 0 Å². The van der Waals surface area contributed by atoms with Gasteiger partial charge in [0.15, 0.2) is 0 Å². The molecule has 1 aromatic rings. The predicted molar refractivity (Wildman–Crippen MR) is 81.4 cm³/mol. The first kappa shape index (κ1) is 16.0. The van der Waals surface area contributed by atoms with Crippen LogP contribution in [0.5, 0.6) is 0 Å². The second-order valence-electron chi connectivity index (χ2n) is 5.54. The van der Waals surface area contributed by atoms with Crippen LogP contribution in [0.4, 0.5) is 0 Å². The van der Waals surface area contributed by atoms with Crippen molar-refractivity contribution < 1.29 is 13.2 Å². The number of amides is 1. The first-order valence-electron chi connectivity index (χ1n) is 7.28. The summed E-state index contributed by atoms with van der Waals surface area (Å²) in [4.78, 5) is 14.2. The van der Waals surface area contributed by atoms with Gasteiger partial charge in [0, 0.05) is 13.1 Å². The topological polar surface area (TPSA) is 66.5 Å². The number of nitrogens with zero attached hydrogens (tertiary/aromatic N) is 1. The second kappa shape index (κ2) is 6.58. The van der Waals surface area contributed by atoms with Gasteiger partial charge < -0.3 is 4.90 Å². The number of benzene rings is 1. The maximum absolute atomic E-state index is 12.3. The van der Waals surface area contributed by atoms with E-state index in [0.717, 1.165) is 37.9 Å². The van der Waals surface area contributed by atoms with Crippen LogP contribution in [0.1, 0.15) is 31.7 Å². The van der Waals surface area contributed by atoms with E-state index < -0.39 is 16.1 Å². The summed E-state index contributed by atoms with van der Waals surface area (Å²) in [5.41, 5.74) is 0.992. The zero-order chi connectivity index (χ0) is 15.5. The molecule has 1 aromatic carbocycles. The molecule has 0 aliphatic carbocycles. The van der Waals surface area contributed by atoms with E-state index in [2.05, 4.69) is 4.72 Å². The van der Waals surface area contributed by atoms with Crippen molar-refractivity contribution in [3.05, 3.63) is 29.8 Å². The highest BCUT2D eigenvalue weighted by molar-refractivity contribution is 7.89. The molecular weight excluding hydrogens is 288 g/mol. The van der Waals surface area contributed by atoms with Crippen LogP contribution < -0.4 is 4.72 Å². The van der Waals surface area contributed by atoms with E-state index in [9.17, 15) is 13.2 Å². The van der Waals surface area contributed by atoms with Crippen LogP contribution in [0.2, 0.25) is 0 Å². The van der Waals surface area contributed by atoms with Crippen LogP contribution in [0.25, 0.3) is 0 Å². The zero-order valence-corrected chi connectivity index (χ0v) is 13.3. The van der Waals surface area contributed by atoms with Crippen molar-refractivity contribution in [1.29, 1.82) is 0 Å². The van der Waals surface area contributed by atoms with E-state index in [1.165, 1.54) is 0 Å². The number of hydrogen-bond donors (Lipinski definition) is 1. The summed E-state index contributed by atoms with van der Waals surface area (Å²) >= 11 is 0. The van der Waals surface area contributed by atoms with E-state index in [4.69, 9.17) is 0 Å². The molecule has 5 nitrogen and oxygen atoms in total. The third-order valence-electron chi connectivity index (χ3n) is 3.70. The predicted octanol–water partition coefficient (Wildman–Crippen LogP) is 1.67. The first-order chi connectivity index (χ1) is 9.90. The molecule has 1 heterocycles. The van der Waals surface area contributed by atoms with Crippen LogP contribution in [0.15, 0.2) is 29.2 Å². The van der Waals surface area contributed by atoms with Crippen molar-refractivity contribution in [1.82, 2.24) is 9.62 Å². The Morgan fingerprint density at radius 3 is 2.29 bits per heavy atom. The molecule has 6 heteroatoms. The molecule has 1 fully saturated rings. The molecule has 2 rings (SSSR count). The van der Waals surface area contributed by atoms with Crippen molar-refractivity contribution in [2.75, 3.05) is 13.1 Å². The van der Waals surface area contributed by atoms with Gasteiger partial charge in [0.05, 0.1) is 10.9 Å². The van der Waals surface area contributed by atoms with Gasteiger partial charge >= 0.3 is 0 Å². The van der Waals surface area contributed by atoms with Crippen molar-refractivity contribution in [2.45, 2.75) is 44.0 Å². The third kappa shape index (κ3) is 4.04. The van der Waals surface area contributed by atoms with Gasteiger partial charge in [0.1, 0.15) is 0 Å². The number of nitrogens with one attached hydrogen (secondary N) is 1. The molecule has 1 amide bonds. The van der Waals surface area contributed by atoms with Gasteiger partial charge in [0.2, 0.25) is 15.9 Å². The van der Waals surface area contributed by atoms with E-state index in [1.54, 1.807) is 36.1 Å². The number of piperidine rings is 1. The molecule has 1 N–H and O–H groups in total. The summed E-state index contributed by atoms with van der Waals surface area (Å²) in [5.74, 6) is -0.148. The maximum Gasteiger partial charge on any atom is 0.241 e. The standard InChI is InChI=1S/C15H22N2O3S/c1-12-6-8-14(9-7-12)21(19,20)16-13(2)15(18)17-10-4-3-5-11-17/h6-9,13,16H,3-5,10-11H2,1-2H3/t13-/m1/s1. The largest absolute Gasteiger partial charge is 0.341 e. The van der Waals surface area contributed by atoms with Crippen molar-refractivity contribution >= 4 is 15.9 Å². The number of rotatable bonds is 4. The minimum absolute atomic E-state index is 0.148. The highest BCUT2D eigenvalue weighted by Crippen LogP contribution is 2.13. The van der Waals surface area contributed by atoms with Gasteiger partial charge in [-0.15, -0.1) is 0 Å². The lowest BCUT2D eigenvalue weighted by atomic mass is 10.1. The maximum atomic E-state index is 12.3. The molecule has 1 saturated heterocycles. The second-order valence-corrected chi connectivity index (χ2v) is 7.26. The lowest BCUT2D eigenvalue weighted by Crippen LogP contribution is -2.48. The molecule has 1 aliphatic heterocycles. The highest BCUT2D eigenvalue weighted by atomic mass is 32.2. The Morgan fingerprint density at radius 2 is 1.71 bits per heavy atom. The van der Waals surface area contributed by atoms with Crippen LogP contribution in [-0.2, 0) is 14.8 Å². The zero-order valence-electron chi connectivity index (χ0n) is 12.5. The van der Waals surface area contributed by atoms with Gasteiger partial charge in [0.25, 0.3) is 0 Å². The lowest BCUT2D eigenvalue weighted by molar-refractivity contribution is -0.133. The van der Waals surface area contributed by atoms with Gasteiger partial charge in [-0.2, -0.15) is 4.72 Å². The first-order valence-corrected chi connectivity index (χ1v) is 8.76. The molecule has 0 unspecified atom stereocenters. The molecule has 0 spiro atoms. The van der Waals surface area contributed by atoms with Gasteiger partial charge in [-0.3, -0.25) is 4.79 Å². The Kier molecular flexibility index (Phi) is 5.00. The molecule has 1 aliphatic rings. The summed E-state index contributed by atoms with van der Waals surface area (Å²) in [5, 5.41) is 0. The Labute approximate surface area is 126 Å². The fourth-order valence-electron chi connectivity index (χ4n) is 2.46. The smallest absolute Gasteiger partial charge is 0.241 e. The Hall–Kier alpha value is -1.40. The normalized spacial score (nSPS) is 17.5. The number of likely N-dealkylation sites (tertiary alicyclic amines) is 1. The molecule has 1 atom stereocenters. The van der Waals surface area contributed by atoms with Crippen LogP contribution in [-0.4, -0.2) is 38.4 Å². The number of carbonyl (C=O) groups is 1. The Morgan fingerprint density at radius 1 is 1.14 bits per heavy atom. The molecule has 21 heavy (non-hydrogen) atoms. The Balaban J connectivity index is 2.05. The molecule has 0 bridgehead atoms. The number of aryl methyl sites for hydroxylation is 1. The summed E-state index contributed by atoms with van der Waals surface area (Å²) in [6, 6.07) is 5.84. The van der Waals surface area contributed by atoms with Crippen molar-refractivity contribution in [2.24, 2.45) is 0 Å². The SMILES string of the molecule is Cc1ccc(S(=O)(=O)N[C@H](C)C(=O)N2CCCCC2)cc1. The van der Waals surface area contributed by atoms with Gasteiger partial charge in [-0.25, -0.2) is 8.42 Å². The molecule has 116 valence electrons. The van der Waals surface area contributed by atoms with Crippen LogP contribution in [0, 0.1) is 6.92 Å². The Bertz CT molecular complexity index is 590. The van der Waals surface area contributed by atoms with E-state index >= 15 is 0 Å². The summed E-state index contributed by atoms with van der Waals surface area (Å²) < 4.78 is 27.0. The molecular formula is C15H22N2O3S. The highest BCUT2D eigenvalue weighted by Gasteiger charge is 2.26. The average molecular weight is 310 g/mol. The van der Waals surface area contributed by atoms with Crippen molar-refractivity contribution in [3.8, 4) is 0 Å². The third-order valence-corrected chi connectivity index (χ3v) is 5.26. The molecule has 0 radical (unpaired) electrons. The quantitative estimate of drug-likeness (QED) is 0.920. The van der Waals surface area contributed by atoms with Crippen molar-refractivity contribution in [3.63, 3.8) is 0 Å². The van der Waals surface area contributed by atoms with Crippen LogP contribution >= 0.6 is 0 Å². The molecule has 0 saturated carbocycles. The number of sulfonamides is 1. The van der Waals surface area contributed by atoms with Crippen LogP contribution in [0.3, 0.4) is 0 Å². The number of carbonyl (C=O) groups excluding carboxylic acids is 1. The lowest BCUT2D eigenvalue weighted by Gasteiger charge is -2.29. The van der Waals surface area contributed by atoms with E-state index in [1.807, 2.05) is 6.92 Å². The van der Waals surface area contributed by atoms with Gasteiger partial charge in [-0.05, 0) is 45.2 Å². The fraction of sp³-hybridized carbons (Fsp3) is 0.533. The molecule has 0 aromatic heterocycles. The minimum atomic E-state index is -3.66. The summed E-state index contributed by atoms with van der Waals surface area (Å²) in [6.07, 6.45) is 3.11. The minimum Gasteiger partial charge on any atom is -0.341 e. The van der Waals surface area contributed by atoms with Gasteiger partial charge in [-0.1, -0.05) is 17.7 Å². The summed E-state index contributed by atoms with van der Waals surface area (Å²) in [7, 11) is -3.66.